The first-order chi connectivity index (χ1) is 9.22. The number of aromatic nitrogens is 1. The van der Waals surface area contributed by atoms with Crippen molar-refractivity contribution >= 4 is 5.69 Å². The van der Waals surface area contributed by atoms with Crippen LogP contribution in [0.2, 0.25) is 0 Å². The number of morpholine rings is 1. The summed E-state index contributed by atoms with van der Waals surface area (Å²) in [6.07, 6.45) is 3.81. The minimum atomic E-state index is 0.269. The second-order valence-corrected chi connectivity index (χ2v) is 5.27. The van der Waals surface area contributed by atoms with E-state index in [2.05, 4.69) is 34.6 Å². The summed E-state index contributed by atoms with van der Waals surface area (Å²) in [5.41, 5.74) is 2.33. The monoisotopic (exact) mass is 259 g/mol. The molecular weight excluding hydrogens is 238 g/mol. The van der Waals surface area contributed by atoms with Crippen LogP contribution < -0.4 is 4.90 Å². The summed E-state index contributed by atoms with van der Waals surface area (Å²) in [6, 6.07) is 2.19. The molecule has 19 heavy (non-hydrogen) atoms. The summed E-state index contributed by atoms with van der Waals surface area (Å²) in [7, 11) is 0. The molecule has 0 aliphatic carbocycles. The Morgan fingerprint density at radius 1 is 1.37 bits per heavy atom. The molecule has 0 N–H and O–H groups in total. The third kappa shape index (κ3) is 3.45. The van der Waals surface area contributed by atoms with Crippen molar-refractivity contribution in [3.63, 3.8) is 0 Å². The third-order valence-corrected chi connectivity index (χ3v) is 3.64. The predicted octanol–water partition coefficient (Wildman–Crippen LogP) is 2.58. The number of ether oxygens (including phenoxy) is 1. The quantitative estimate of drug-likeness (QED) is 0.778. The largest absolute Gasteiger partial charge is 0.378 e. The van der Waals surface area contributed by atoms with Gasteiger partial charge in [0.15, 0.2) is 0 Å². The van der Waals surface area contributed by atoms with Crippen molar-refractivity contribution in [3.05, 3.63) is 35.4 Å². The third-order valence-electron chi connectivity index (χ3n) is 3.64. The summed E-state index contributed by atoms with van der Waals surface area (Å²) in [5.74, 6) is 0.724. The number of rotatable bonds is 4. The molecule has 0 radical (unpaired) electrons. The van der Waals surface area contributed by atoms with Gasteiger partial charge in [0.2, 0.25) is 6.54 Å². The Hall–Kier alpha value is -1.60. The molecule has 1 unspecified atom stereocenters. The lowest BCUT2D eigenvalue weighted by Crippen LogP contribution is -2.36. The Labute approximate surface area is 115 Å². The maximum Gasteiger partial charge on any atom is 0.221 e. The standard InChI is InChI=1S/C15H21N3O/c1-12(2)15(11-16-3)13-8-14(10-17-9-13)18-4-6-19-7-5-18/h8-10,12,15H,4-7,11H2,1-2H3. The van der Waals surface area contributed by atoms with Crippen LogP contribution in [0, 0.1) is 12.5 Å². The smallest absolute Gasteiger partial charge is 0.221 e. The van der Waals surface area contributed by atoms with Gasteiger partial charge in [0.05, 0.1) is 31.0 Å². The van der Waals surface area contributed by atoms with Gasteiger partial charge in [0, 0.05) is 19.3 Å². The van der Waals surface area contributed by atoms with E-state index in [-0.39, 0.29) is 5.92 Å². The van der Waals surface area contributed by atoms with Crippen molar-refractivity contribution in [2.24, 2.45) is 5.92 Å². The van der Waals surface area contributed by atoms with Crippen LogP contribution in [0.15, 0.2) is 18.5 Å². The minimum absolute atomic E-state index is 0.269. The average molecular weight is 259 g/mol. The van der Waals surface area contributed by atoms with E-state index in [1.54, 1.807) is 0 Å². The van der Waals surface area contributed by atoms with Crippen LogP contribution in [0.25, 0.3) is 4.85 Å². The molecule has 1 aliphatic heterocycles. The van der Waals surface area contributed by atoms with Crippen LogP contribution in [0.1, 0.15) is 25.3 Å². The zero-order valence-electron chi connectivity index (χ0n) is 11.7. The van der Waals surface area contributed by atoms with Gasteiger partial charge in [0.25, 0.3) is 0 Å². The molecule has 1 fully saturated rings. The highest BCUT2D eigenvalue weighted by Crippen LogP contribution is 2.27. The highest BCUT2D eigenvalue weighted by atomic mass is 16.5. The molecule has 102 valence electrons. The summed E-state index contributed by atoms with van der Waals surface area (Å²) >= 11 is 0. The van der Waals surface area contributed by atoms with Gasteiger partial charge < -0.3 is 14.5 Å². The van der Waals surface area contributed by atoms with Gasteiger partial charge in [-0.3, -0.25) is 4.98 Å². The first-order valence-corrected chi connectivity index (χ1v) is 6.83. The van der Waals surface area contributed by atoms with Gasteiger partial charge in [-0.25, -0.2) is 6.57 Å². The van der Waals surface area contributed by atoms with E-state index in [0.29, 0.717) is 12.5 Å². The van der Waals surface area contributed by atoms with Crippen LogP contribution in [0.4, 0.5) is 5.69 Å². The van der Waals surface area contributed by atoms with Crippen molar-refractivity contribution in [2.75, 3.05) is 37.7 Å². The van der Waals surface area contributed by atoms with E-state index >= 15 is 0 Å². The lowest BCUT2D eigenvalue weighted by Gasteiger charge is -2.29. The summed E-state index contributed by atoms with van der Waals surface area (Å²) in [5, 5.41) is 0. The molecule has 1 aromatic heterocycles. The maximum atomic E-state index is 7.10. The number of pyridine rings is 1. The number of hydrogen-bond donors (Lipinski definition) is 0. The molecule has 1 atom stereocenters. The van der Waals surface area contributed by atoms with Gasteiger partial charge in [-0.05, 0) is 17.5 Å². The fourth-order valence-electron chi connectivity index (χ4n) is 2.44. The number of anilines is 1. The fraction of sp³-hybridized carbons (Fsp3) is 0.600. The Morgan fingerprint density at radius 3 is 2.74 bits per heavy atom. The average Bonchev–Trinajstić information content (AvgIpc) is 2.45. The van der Waals surface area contributed by atoms with Crippen molar-refractivity contribution < 1.29 is 4.74 Å². The van der Waals surface area contributed by atoms with Crippen molar-refractivity contribution in [2.45, 2.75) is 19.8 Å². The SMILES string of the molecule is [C-]#[N+]CC(c1cncc(N2CCOCC2)c1)C(C)C. The van der Waals surface area contributed by atoms with Crippen molar-refractivity contribution in [1.82, 2.24) is 4.98 Å². The highest BCUT2D eigenvalue weighted by Gasteiger charge is 2.20. The van der Waals surface area contributed by atoms with Crippen LogP contribution in [0.3, 0.4) is 0 Å². The number of nitrogens with zero attached hydrogens (tertiary/aromatic N) is 3. The molecule has 0 saturated carbocycles. The molecule has 1 aliphatic rings. The minimum Gasteiger partial charge on any atom is -0.378 e. The lowest BCUT2D eigenvalue weighted by molar-refractivity contribution is 0.122. The van der Waals surface area contributed by atoms with E-state index in [1.807, 2.05) is 12.4 Å². The first-order valence-electron chi connectivity index (χ1n) is 6.83. The van der Waals surface area contributed by atoms with E-state index in [4.69, 9.17) is 11.3 Å². The van der Waals surface area contributed by atoms with E-state index < -0.39 is 0 Å². The summed E-state index contributed by atoms with van der Waals surface area (Å²) in [4.78, 5) is 10.2. The molecule has 2 heterocycles. The molecule has 0 aromatic carbocycles. The Balaban J connectivity index is 2.20. The van der Waals surface area contributed by atoms with Crippen LogP contribution >= 0.6 is 0 Å². The predicted molar refractivity (Wildman–Crippen MR) is 76.3 cm³/mol. The van der Waals surface area contributed by atoms with Crippen LogP contribution in [-0.4, -0.2) is 37.8 Å². The fourth-order valence-corrected chi connectivity index (χ4v) is 2.44. The van der Waals surface area contributed by atoms with Crippen LogP contribution in [-0.2, 0) is 4.74 Å². The molecule has 4 heteroatoms. The van der Waals surface area contributed by atoms with E-state index in [9.17, 15) is 0 Å². The lowest BCUT2D eigenvalue weighted by atomic mass is 9.89. The maximum absolute atomic E-state index is 7.10. The molecular formula is C15H21N3O. The zero-order chi connectivity index (χ0) is 13.7. The molecule has 1 aromatic rings. The van der Waals surface area contributed by atoms with Crippen LogP contribution in [0.5, 0.6) is 0 Å². The molecule has 4 nitrogen and oxygen atoms in total. The molecule has 0 amide bonds. The van der Waals surface area contributed by atoms with Gasteiger partial charge in [-0.2, -0.15) is 0 Å². The van der Waals surface area contributed by atoms with E-state index in [1.165, 1.54) is 5.56 Å². The second kappa shape index (κ2) is 6.53. The Bertz CT molecular complexity index is 447. The zero-order valence-corrected chi connectivity index (χ0v) is 11.7. The second-order valence-electron chi connectivity index (χ2n) is 5.27. The van der Waals surface area contributed by atoms with Gasteiger partial charge >= 0.3 is 0 Å². The Kier molecular flexibility index (Phi) is 4.75. The molecule has 1 saturated heterocycles. The molecule has 0 spiro atoms. The van der Waals surface area contributed by atoms with Gasteiger partial charge in [-0.15, -0.1) is 0 Å². The van der Waals surface area contributed by atoms with E-state index in [0.717, 1.165) is 32.0 Å². The summed E-state index contributed by atoms with van der Waals surface area (Å²) < 4.78 is 5.37. The highest BCUT2D eigenvalue weighted by molar-refractivity contribution is 5.47. The topological polar surface area (TPSA) is 29.7 Å². The van der Waals surface area contributed by atoms with Crippen molar-refractivity contribution in [3.8, 4) is 0 Å². The van der Waals surface area contributed by atoms with Gasteiger partial charge in [-0.1, -0.05) is 13.8 Å². The Morgan fingerprint density at radius 2 is 2.11 bits per heavy atom. The normalized spacial score (nSPS) is 17.3. The van der Waals surface area contributed by atoms with Gasteiger partial charge in [0.1, 0.15) is 0 Å². The number of hydrogen-bond acceptors (Lipinski definition) is 3. The molecule has 0 bridgehead atoms. The summed E-state index contributed by atoms with van der Waals surface area (Å²) in [6.45, 7) is 15.4. The van der Waals surface area contributed by atoms with Crippen molar-refractivity contribution in [1.29, 1.82) is 0 Å². The molecule has 2 rings (SSSR count). The first kappa shape index (κ1) is 13.8.